The molecule has 21 heavy (non-hydrogen) atoms. The van der Waals surface area contributed by atoms with Crippen LogP contribution in [-0.2, 0) is 16.0 Å². The molecule has 3 rings (SSSR count). The summed E-state index contributed by atoms with van der Waals surface area (Å²) in [4.78, 5) is 25.1. The SMILES string of the molecule is O=C(CN1CCCNC1=O)O[C@H]1CCc2ccc(Cl)cc21. The van der Waals surface area contributed by atoms with Gasteiger partial charge in [0.15, 0.2) is 0 Å². The van der Waals surface area contributed by atoms with Gasteiger partial charge in [-0.25, -0.2) is 4.79 Å². The highest BCUT2D eigenvalue weighted by Crippen LogP contribution is 2.35. The number of nitrogens with one attached hydrogen (secondary N) is 1. The van der Waals surface area contributed by atoms with Crippen molar-refractivity contribution in [2.24, 2.45) is 0 Å². The van der Waals surface area contributed by atoms with Crippen molar-refractivity contribution in [2.75, 3.05) is 19.6 Å². The maximum absolute atomic E-state index is 12.0. The molecular weight excluding hydrogens is 292 g/mol. The van der Waals surface area contributed by atoms with E-state index in [9.17, 15) is 9.59 Å². The first-order chi connectivity index (χ1) is 10.1. The van der Waals surface area contributed by atoms with Gasteiger partial charge in [-0.15, -0.1) is 0 Å². The van der Waals surface area contributed by atoms with E-state index in [-0.39, 0.29) is 24.6 Å². The molecule has 0 bridgehead atoms. The van der Waals surface area contributed by atoms with Crippen molar-refractivity contribution in [3.8, 4) is 0 Å². The molecule has 0 spiro atoms. The van der Waals surface area contributed by atoms with Crippen molar-refractivity contribution in [1.29, 1.82) is 0 Å². The molecule has 1 aliphatic heterocycles. The minimum Gasteiger partial charge on any atom is -0.456 e. The van der Waals surface area contributed by atoms with Crippen molar-refractivity contribution in [1.82, 2.24) is 10.2 Å². The third-order valence-corrected chi connectivity index (χ3v) is 4.13. The van der Waals surface area contributed by atoms with Crippen LogP contribution in [0.1, 0.15) is 30.1 Å². The number of ether oxygens (including phenoxy) is 1. The summed E-state index contributed by atoms with van der Waals surface area (Å²) in [6.45, 7) is 1.26. The van der Waals surface area contributed by atoms with Crippen molar-refractivity contribution < 1.29 is 14.3 Å². The second-order valence-electron chi connectivity index (χ2n) is 5.37. The maximum Gasteiger partial charge on any atom is 0.326 e. The highest BCUT2D eigenvalue weighted by Gasteiger charge is 2.28. The fourth-order valence-electron chi connectivity index (χ4n) is 2.84. The second-order valence-corrected chi connectivity index (χ2v) is 5.80. The summed E-state index contributed by atoms with van der Waals surface area (Å²) >= 11 is 6.00. The van der Waals surface area contributed by atoms with Gasteiger partial charge in [0.05, 0.1) is 0 Å². The van der Waals surface area contributed by atoms with Gasteiger partial charge in [0.25, 0.3) is 0 Å². The van der Waals surface area contributed by atoms with Gasteiger partial charge in [0.2, 0.25) is 0 Å². The Morgan fingerprint density at radius 3 is 3.14 bits per heavy atom. The molecule has 1 saturated heterocycles. The van der Waals surface area contributed by atoms with Crippen LogP contribution in [0.2, 0.25) is 5.02 Å². The molecule has 1 N–H and O–H groups in total. The second kappa shape index (κ2) is 5.93. The molecule has 1 atom stereocenters. The molecule has 0 saturated carbocycles. The molecular formula is C15H17ClN2O3. The molecule has 6 heteroatoms. The quantitative estimate of drug-likeness (QED) is 0.872. The molecule has 0 aromatic heterocycles. The average molecular weight is 309 g/mol. The first-order valence-corrected chi connectivity index (χ1v) is 7.52. The van der Waals surface area contributed by atoms with Gasteiger partial charge in [-0.3, -0.25) is 4.79 Å². The molecule has 1 aromatic rings. The lowest BCUT2D eigenvalue weighted by atomic mass is 10.1. The Hall–Kier alpha value is -1.75. The van der Waals surface area contributed by atoms with Crippen LogP contribution in [0.5, 0.6) is 0 Å². The Morgan fingerprint density at radius 2 is 2.33 bits per heavy atom. The van der Waals surface area contributed by atoms with Gasteiger partial charge >= 0.3 is 12.0 Å². The van der Waals surface area contributed by atoms with Crippen molar-refractivity contribution in [2.45, 2.75) is 25.4 Å². The molecule has 2 amide bonds. The normalized spacial score (nSPS) is 20.9. The Bertz CT molecular complexity index is 576. The number of urea groups is 1. The fraction of sp³-hybridized carbons (Fsp3) is 0.467. The van der Waals surface area contributed by atoms with Gasteiger partial charge < -0.3 is 15.0 Å². The van der Waals surface area contributed by atoms with Gasteiger partial charge in [-0.05, 0) is 42.5 Å². The summed E-state index contributed by atoms with van der Waals surface area (Å²) in [6.07, 6.45) is 2.25. The number of carbonyl (C=O) groups is 2. The molecule has 2 aliphatic rings. The molecule has 1 heterocycles. The predicted octanol–water partition coefficient (Wildman–Crippen LogP) is 2.29. The first-order valence-electron chi connectivity index (χ1n) is 7.14. The molecule has 0 radical (unpaired) electrons. The van der Waals surface area contributed by atoms with E-state index in [1.54, 1.807) is 0 Å². The largest absolute Gasteiger partial charge is 0.456 e. The molecule has 5 nitrogen and oxygen atoms in total. The summed E-state index contributed by atoms with van der Waals surface area (Å²) in [5.41, 5.74) is 2.16. The predicted molar refractivity (Wildman–Crippen MR) is 78.2 cm³/mol. The van der Waals surface area contributed by atoms with E-state index < -0.39 is 0 Å². The number of halogens is 1. The van der Waals surface area contributed by atoms with E-state index >= 15 is 0 Å². The number of esters is 1. The smallest absolute Gasteiger partial charge is 0.326 e. The first kappa shape index (κ1) is 14.2. The Morgan fingerprint density at radius 1 is 1.48 bits per heavy atom. The topological polar surface area (TPSA) is 58.6 Å². The number of amides is 2. The van der Waals surface area contributed by atoms with Crippen molar-refractivity contribution in [3.63, 3.8) is 0 Å². The van der Waals surface area contributed by atoms with Crippen molar-refractivity contribution >= 4 is 23.6 Å². The maximum atomic E-state index is 12.0. The summed E-state index contributed by atoms with van der Waals surface area (Å²) < 4.78 is 5.52. The summed E-state index contributed by atoms with van der Waals surface area (Å²) in [7, 11) is 0. The van der Waals surface area contributed by atoms with E-state index in [1.165, 1.54) is 10.5 Å². The van der Waals surface area contributed by atoms with E-state index in [2.05, 4.69) is 5.32 Å². The van der Waals surface area contributed by atoms with Crippen LogP contribution in [0.15, 0.2) is 18.2 Å². The minimum atomic E-state index is -0.370. The van der Waals surface area contributed by atoms with Gasteiger partial charge in [-0.1, -0.05) is 17.7 Å². The number of carbonyl (C=O) groups excluding carboxylic acids is 2. The van der Waals surface area contributed by atoms with E-state index in [0.29, 0.717) is 18.1 Å². The highest BCUT2D eigenvalue weighted by atomic mass is 35.5. The summed E-state index contributed by atoms with van der Waals surface area (Å²) in [6, 6.07) is 5.48. The Balaban J connectivity index is 1.61. The number of hydrogen-bond acceptors (Lipinski definition) is 3. The standard InChI is InChI=1S/C15H17ClN2O3/c16-11-4-2-10-3-5-13(12(10)8-11)21-14(19)9-18-7-1-6-17-15(18)20/h2,4,8,13H,1,3,5-7,9H2,(H,17,20)/t13-/m0/s1. The lowest BCUT2D eigenvalue weighted by Gasteiger charge is -2.27. The molecule has 1 aliphatic carbocycles. The van der Waals surface area contributed by atoms with Crippen LogP contribution in [0.25, 0.3) is 0 Å². The summed E-state index contributed by atoms with van der Waals surface area (Å²) in [5, 5.41) is 3.36. The van der Waals surface area contributed by atoms with Crippen LogP contribution in [0, 0.1) is 0 Å². The zero-order valence-electron chi connectivity index (χ0n) is 11.6. The summed E-state index contributed by atoms with van der Waals surface area (Å²) in [5.74, 6) is -0.370. The van der Waals surface area contributed by atoms with Crippen LogP contribution < -0.4 is 5.32 Å². The monoisotopic (exact) mass is 308 g/mol. The Kier molecular flexibility index (Phi) is 4.01. The third kappa shape index (κ3) is 3.13. The number of rotatable bonds is 3. The highest BCUT2D eigenvalue weighted by molar-refractivity contribution is 6.30. The fourth-order valence-corrected chi connectivity index (χ4v) is 3.02. The molecule has 112 valence electrons. The number of fused-ring (bicyclic) bond motifs is 1. The zero-order valence-corrected chi connectivity index (χ0v) is 12.4. The van der Waals surface area contributed by atoms with E-state index in [1.807, 2.05) is 18.2 Å². The van der Waals surface area contributed by atoms with Gasteiger partial charge in [-0.2, -0.15) is 0 Å². The molecule has 1 aromatic carbocycles. The van der Waals surface area contributed by atoms with E-state index in [0.717, 1.165) is 24.8 Å². The van der Waals surface area contributed by atoms with Gasteiger partial charge in [0.1, 0.15) is 12.6 Å². The molecule has 0 unspecified atom stereocenters. The number of hydrogen-bond donors (Lipinski definition) is 1. The van der Waals surface area contributed by atoms with Crippen LogP contribution >= 0.6 is 11.6 Å². The van der Waals surface area contributed by atoms with E-state index in [4.69, 9.17) is 16.3 Å². The van der Waals surface area contributed by atoms with Crippen LogP contribution in [0.4, 0.5) is 4.79 Å². The lowest BCUT2D eigenvalue weighted by Crippen LogP contribution is -2.48. The zero-order chi connectivity index (χ0) is 14.8. The number of aryl methyl sites for hydroxylation is 1. The lowest BCUT2D eigenvalue weighted by molar-refractivity contribution is -0.150. The van der Waals surface area contributed by atoms with Crippen LogP contribution in [-0.4, -0.2) is 36.5 Å². The third-order valence-electron chi connectivity index (χ3n) is 3.89. The number of benzene rings is 1. The average Bonchev–Trinajstić information content (AvgIpc) is 2.84. The van der Waals surface area contributed by atoms with Crippen molar-refractivity contribution in [3.05, 3.63) is 34.3 Å². The number of nitrogens with zero attached hydrogens (tertiary/aromatic N) is 1. The van der Waals surface area contributed by atoms with Gasteiger partial charge in [0, 0.05) is 18.1 Å². The minimum absolute atomic E-state index is 0.00175. The Labute approximate surface area is 128 Å². The molecule has 1 fully saturated rings. The van der Waals surface area contributed by atoms with Crippen LogP contribution in [0.3, 0.4) is 0 Å².